The van der Waals surface area contributed by atoms with Gasteiger partial charge in [0.2, 0.25) is 15.9 Å². The lowest BCUT2D eigenvalue weighted by molar-refractivity contribution is 0.0995. The first-order valence-electron chi connectivity index (χ1n) is 9.69. The number of nitrogens with two attached hydrogens (primary N) is 1. The third-order valence-corrected chi connectivity index (χ3v) is 5.98. The van der Waals surface area contributed by atoms with Gasteiger partial charge in [-0.25, -0.2) is 13.6 Å². The maximum Gasteiger partial charge on any atom is 0.295 e. The Bertz CT molecular complexity index is 1440. The monoisotopic (exact) mass is 448 g/mol. The lowest BCUT2D eigenvalue weighted by Gasteiger charge is -2.07. The summed E-state index contributed by atoms with van der Waals surface area (Å²) in [6, 6.07) is 20.3. The van der Waals surface area contributed by atoms with E-state index in [1.807, 2.05) is 49.4 Å². The molecule has 0 saturated heterocycles. The number of benzene rings is 3. The van der Waals surface area contributed by atoms with Crippen molar-refractivity contribution in [1.29, 1.82) is 0 Å². The van der Waals surface area contributed by atoms with E-state index in [1.165, 1.54) is 24.3 Å². The number of carbonyl (C=O) groups is 1. The van der Waals surface area contributed by atoms with Gasteiger partial charge in [0.05, 0.1) is 17.0 Å². The summed E-state index contributed by atoms with van der Waals surface area (Å²) in [6.45, 7) is 2.43. The van der Waals surface area contributed by atoms with Gasteiger partial charge in [0, 0.05) is 10.9 Å². The van der Waals surface area contributed by atoms with E-state index in [0.717, 1.165) is 16.6 Å². The highest BCUT2D eigenvalue weighted by atomic mass is 32.2. The standard InChI is InChI=1S/C23H20N4O4S/c1-15-6-8-16(9-7-15)14-27-20-5-3-2-4-19(20)21(23(27)29)25-26-22(28)17-10-12-18(13-11-17)32(24,30)31/h2-13,29H,14H2,1H3,(H2,24,30,31). The number of aromatic hydroxyl groups is 1. The molecular weight excluding hydrogens is 428 g/mol. The van der Waals surface area contributed by atoms with Crippen LogP contribution in [0.25, 0.3) is 10.9 Å². The van der Waals surface area contributed by atoms with Gasteiger partial charge in [0.1, 0.15) is 0 Å². The lowest BCUT2D eigenvalue weighted by atomic mass is 10.1. The molecule has 1 heterocycles. The third-order valence-electron chi connectivity index (χ3n) is 5.05. The molecule has 0 radical (unpaired) electrons. The number of hydrogen-bond donors (Lipinski definition) is 2. The van der Waals surface area contributed by atoms with E-state index in [9.17, 15) is 18.3 Å². The molecule has 0 atom stereocenters. The fourth-order valence-corrected chi connectivity index (χ4v) is 3.86. The van der Waals surface area contributed by atoms with Crippen LogP contribution >= 0.6 is 0 Å². The van der Waals surface area contributed by atoms with E-state index in [0.29, 0.717) is 11.9 Å². The normalized spacial score (nSPS) is 11.9. The number of hydrogen-bond acceptors (Lipinski definition) is 5. The maximum absolute atomic E-state index is 12.4. The summed E-state index contributed by atoms with van der Waals surface area (Å²) >= 11 is 0. The second kappa shape index (κ2) is 8.37. The van der Waals surface area contributed by atoms with Crippen LogP contribution in [0.1, 0.15) is 21.5 Å². The van der Waals surface area contributed by atoms with E-state index >= 15 is 0 Å². The van der Waals surface area contributed by atoms with Gasteiger partial charge in [0.15, 0.2) is 5.69 Å². The van der Waals surface area contributed by atoms with Gasteiger partial charge < -0.3 is 9.67 Å². The van der Waals surface area contributed by atoms with E-state index in [4.69, 9.17) is 5.14 Å². The van der Waals surface area contributed by atoms with Gasteiger partial charge >= 0.3 is 0 Å². The number of sulfonamides is 1. The van der Waals surface area contributed by atoms with Crippen molar-refractivity contribution in [3.63, 3.8) is 0 Å². The zero-order chi connectivity index (χ0) is 22.9. The molecule has 0 aliphatic heterocycles. The molecule has 0 aliphatic rings. The summed E-state index contributed by atoms with van der Waals surface area (Å²) in [6.07, 6.45) is 0. The fourth-order valence-electron chi connectivity index (χ4n) is 3.35. The first kappa shape index (κ1) is 21.4. The molecule has 0 aliphatic carbocycles. The van der Waals surface area contributed by atoms with E-state index in [2.05, 4.69) is 10.2 Å². The Hall–Kier alpha value is -3.82. The number of amides is 1. The van der Waals surface area contributed by atoms with Crippen molar-refractivity contribution in [3.05, 3.63) is 89.5 Å². The highest BCUT2D eigenvalue weighted by molar-refractivity contribution is 7.89. The van der Waals surface area contributed by atoms with Crippen LogP contribution in [0.4, 0.5) is 5.69 Å². The Balaban J connectivity index is 1.67. The molecule has 0 unspecified atom stereocenters. The highest BCUT2D eigenvalue weighted by Crippen LogP contribution is 2.39. The van der Waals surface area contributed by atoms with E-state index < -0.39 is 15.9 Å². The third kappa shape index (κ3) is 4.29. The SMILES string of the molecule is Cc1ccc(Cn2c(O)c(N=NC(=O)c3ccc(S(N)(=O)=O)cc3)c3ccccc32)cc1. The largest absolute Gasteiger partial charge is 0.493 e. The Morgan fingerprint density at radius 1 is 1.00 bits per heavy atom. The summed E-state index contributed by atoms with van der Waals surface area (Å²) in [7, 11) is -3.86. The Morgan fingerprint density at radius 3 is 2.31 bits per heavy atom. The van der Waals surface area contributed by atoms with Crippen molar-refractivity contribution >= 4 is 32.5 Å². The number of primary sulfonamides is 1. The first-order valence-corrected chi connectivity index (χ1v) is 11.2. The minimum atomic E-state index is -3.86. The second-order valence-electron chi connectivity index (χ2n) is 7.34. The molecule has 1 aromatic heterocycles. The molecule has 32 heavy (non-hydrogen) atoms. The number of aromatic nitrogens is 1. The summed E-state index contributed by atoms with van der Waals surface area (Å²) in [4.78, 5) is 12.3. The average Bonchev–Trinajstić information content (AvgIpc) is 3.04. The van der Waals surface area contributed by atoms with Gasteiger partial charge in [-0.1, -0.05) is 48.0 Å². The van der Waals surface area contributed by atoms with Crippen molar-refractivity contribution in [3.8, 4) is 5.88 Å². The molecule has 162 valence electrons. The minimum absolute atomic E-state index is 0.104. The number of azo groups is 1. The van der Waals surface area contributed by atoms with Crippen molar-refractivity contribution in [2.75, 3.05) is 0 Å². The summed E-state index contributed by atoms with van der Waals surface area (Å²) in [5.41, 5.74) is 3.22. The van der Waals surface area contributed by atoms with Crippen LogP contribution in [-0.4, -0.2) is 24.0 Å². The minimum Gasteiger partial charge on any atom is -0.493 e. The van der Waals surface area contributed by atoms with Crippen LogP contribution in [0.2, 0.25) is 0 Å². The molecule has 0 bridgehead atoms. The van der Waals surface area contributed by atoms with Crippen molar-refractivity contribution in [2.24, 2.45) is 15.4 Å². The van der Waals surface area contributed by atoms with Gasteiger partial charge in [-0.05, 0) is 42.8 Å². The number of nitrogens with zero attached hydrogens (tertiary/aromatic N) is 3. The van der Waals surface area contributed by atoms with Crippen LogP contribution in [0.3, 0.4) is 0 Å². The van der Waals surface area contributed by atoms with E-state index in [-0.39, 0.29) is 22.0 Å². The molecule has 9 heteroatoms. The molecule has 8 nitrogen and oxygen atoms in total. The van der Waals surface area contributed by atoms with Crippen molar-refractivity contribution < 1.29 is 18.3 Å². The second-order valence-corrected chi connectivity index (χ2v) is 8.90. The lowest BCUT2D eigenvalue weighted by Crippen LogP contribution is -2.12. The zero-order valence-corrected chi connectivity index (χ0v) is 18.0. The molecular formula is C23H20N4O4S. The Kier molecular flexibility index (Phi) is 5.60. The predicted molar refractivity (Wildman–Crippen MR) is 121 cm³/mol. The first-order chi connectivity index (χ1) is 15.2. The fraction of sp³-hybridized carbons (Fsp3) is 0.0870. The van der Waals surface area contributed by atoms with Crippen LogP contribution in [0.5, 0.6) is 5.88 Å². The molecule has 0 fully saturated rings. The number of fused-ring (bicyclic) bond motifs is 1. The molecule has 0 saturated carbocycles. The van der Waals surface area contributed by atoms with Crippen LogP contribution in [0, 0.1) is 6.92 Å². The topological polar surface area (TPSA) is 127 Å². The van der Waals surface area contributed by atoms with Gasteiger partial charge in [-0.15, -0.1) is 10.2 Å². The zero-order valence-electron chi connectivity index (χ0n) is 17.1. The summed E-state index contributed by atoms with van der Waals surface area (Å²) in [5, 5.41) is 24.3. The number of carbonyl (C=O) groups excluding carboxylic acids is 1. The highest BCUT2D eigenvalue weighted by Gasteiger charge is 2.17. The number of rotatable bonds is 5. The van der Waals surface area contributed by atoms with Crippen LogP contribution < -0.4 is 5.14 Å². The molecule has 0 spiro atoms. The van der Waals surface area contributed by atoms with Gasteiger partial charge in [-0.3, -0.25) is 4.79 Å². The molecule has 3 N–H and O–H groups in total. The molecule has 1 amide bonds. The Labute approximate surface area is 184 Å². The van der Waals surface area contributed by atoms with Crippen LogP contribution in [0.15, 0.2) is 87.9 Å². The average molecular weight is 449 g/mol. The summed E-state index contributed by atoms with van der Waals surface area (Å²) < 4.78 is 24.4. The molecule has 3 aromatic carbocycles. The van der Waals surface area contributed by atoms with Crippen molar-refractivity contribution in [1.82, 2.24) is 4.57 Å². The number of aryl methyl sites for hydroxylation is 1. The molecule has 4 aromatic rings. The van der Waals surface area contributed by atoms with Gasteiger partial charge in [0.25, 0.3) is 5.91 Å². The smallest absolute Gasteiger partial charge is 0.295 e. The quantitative estimate of drug-likeness (QED) is 0.442. The summed E-state index contributed by atoms with van der Waals surface area (Å²) in [5.74, 6) is -0.784. The van der Waals surface area contributed by atoms with Gasteiger partial charge in [-0.2, -0.15) is 0 Å². The van der Waals surface area contributed by atoms with Crippen molar-refractivity contribution in [2.45, 2.75) is 18.4 Å². The maximum atomic E-state index is 12.4. The Morgan fingerprint density at radius 2 is 1.66 bits per heavy atom. The number of para-hydroxylation sites is 1. The van der Waals surface area contributed by atoms with E-state index in [1.54, 1.807) is 10.6 Å². The predicted octanol–water partition coefficient (Wildman–Crippen LogP) is 4.28. The van der Waals surface area contributed by atoms with Crippen LogP contribution in [-0.2, 0) is 16.6 Å². The molecule has 4 rings (SSSR count).